The molecule has 100 valence electrons. The molecule has 19 heavy (non-hydrogen) atoms. The maximum absolute atomic E-state index is 12.4. The second-order valence-electron chi connectivity index (χ2n) is 5.26. The zero-order valence-corrected chi connectivity index (χ0v) is 12.2. The van der Waals surface area contributed by atoms with Crippen LogP contribution in [-0.2, 0) is 6.54 Å². The second-order valence-corrected chi connectivity index (χ2v) is 5.26. The lowest BCUT2D eigenvalue weighted by molar-refractivity contribution is 0.0966. The molecule has 0 N–H and O–H groups in total. The molecule has 0 amide bonds. The van der Waals surface area contributed by atoms with Crippen LogP contribution in [-0.4, -0.2) is 15.6 Å². The van der Waals surface area contributed by atoms with Gasteiger partial charge in [0.2, 0.25) is 0 Å². The van der Waals surface area contributed by atoms with Crippen LogP contribution in [0.1, 0.15) is 38.4 Å². The number of benzene rings is 1. The van der Waals surface area contributed by atoms with Crippen LogP contribution >= 0.6 is 0 Å². The van der Waals surface area contributed by atoms with Crippen molar-refractivity contribution in [3.05, 3.63) is 51.8 Å². The van der Waals surface area contributed by atoms with Gasteiger partial charge in [0, 0.05) is 11.3 Å². The van der Waals surface area contributed by atoms with Gasteiger partial charge in [0.05, 0.1) is 5.69 Å². The minimum atomic E-state index is 0.117. The smallest absolute Gasteiger partial charge is 0.184 e. The summed E-state index contributed by atoms with van der Waals surface area (Å²) >= 11 is 0. The van der Waals surface area contributed by atoms with E-state index in [1.807, 2.05) is 39.8 Å². The number of hydrogen-bond acceptors (Lipinski definition) is 2. The molecule has 1 aromatic carbocycles. The Hall–Kier alpha value is -1.90. The van der Waals surface area contributed by atoms with E-state index in [2.05, 4.69) is 18.1 Å². The van der Waals surface area contributed by atoms with Crippen LogP contribution in [0.3, 0.4) is 0 Å². The van der Waals surface area contributed by atoms with E-state index < -0.39 is 0 Å². The molecular formula is C16H20N2O. The fourth-order valence-corrected chi connectivity index (χ4v) is 2.32. The minimum Gasteiger partial charge on any atom is -0.292 e. The highest BCUT2D eigenvalue weighted by Gasteiger charge is 2.13. The molecule has 2 aromatic rings. The Labute approximate surface area is 114 Å². The predicted octanol–water partition coefficient (Wildman–Crippen LogP) is 3.31. The van der Waals surface area contributed by atoms with Gasteiger partial charge in [0.15, 0.2) is 5.78 Å². The Kier molecular flexibility index (Phi) is 3.56. The van der Waals surface area contributed by atoms with E-state index in [4.69, 9.17) is 0 Å². The van der Waals surface area contributed by atoms with E-state index in [-0.39, 0.29) is 5.78 Å². The molecule has 0 saturated heterocycles. The van der Waals surface area contributed by atoms with Gasteiger partial charge >= 0.3 is 0 Å². The summed E-state index contributed by atoms with van der Waals surface area (Å²) in [4.78, 5) is 12.4. The highest BCUT2D eigenvalue weighted by Crippen LogP contribution is 2.17. The largest absolute Gasteiger partial charge is 0.292 e. The number of ketones is 1. The first kappa shape index (κ1) is 13.5. The predicted molar refractivity (Wildman–Crippen MR) is 76.7 cm³/mol. The molecule has 0 spiro atoms. The van der Waals surface area contributed by atoms with Crippen LogP contribution in [0.4, 0.5) is 0 Å². The second kappa shape index (κ2) is 5.00. The Balaban J connectivity index is 2.30. The first-order valence-electron chi connectivity index (χ1n) is 6.50. The SMILES string of the molecule is Cc1cc(C)n(CC(=O)c2cc(C)c(C)cc2C)n1. The number of carbonyl (C=O) groups is 1. The lowest BCUT2D eigenvalue weighted by atomic mass is 9.98. The lowest BCUT2D eigenvalue weighted by Gasteiger charge is -2.10. The highest BCUT2D eigenvalue weighted by atomic mass is 16.1. The molecule has 0 saturated carbocycles. The van der Waals surface area contributed by atoms with E-state index in [0.29, 0.717) is 6.54 Å². The molecule has 0 unspecified atom stereocenters. The van der Waals surface area contributed by atoms with E-state index in [1.165, 1.54) is 5.56 Å². The normalized spacial score (nSPS) is 10.8. The van der Waals surface area contributed by atoms with Crippen molar-refractivity contribution in [1.82, 2.24) is 9.78 Å². The molecule has 2 rings (SSSR count). The number of carbonyl (C=O) groups excluding carboxylic acids is 1. The number of hydrogen-bond donors (Lipinski definition) is 0. The van der Waals surface area contributed by atoms with Gasteiger partial charge < -0.3 is 0 Å². The molecule has 1 aromatic heterocycles. The molecule has 3 heteroatoms. The summed E-state index contributed by atoms with van der Waals surface area (Å²) in [5, 5.41) is 4.34. The van der Waals surface area contributed by atoms with Crippen molar-refractivity contribution >= 4 is 5.78 Å². The van der Waals surface area contributed by atoms with E-state index in [9.17, 15) is 4.79 Å². The molecule has 0 aliphatic rings. The van der Waals surface area contributed by atoms with E-state index in [1.54, 1.807) is 4.68 Å². The van der Waals surface area contributed by atoms with Crippen molar-refractivity contribution in [3.8, 4) is 0 Å². The molecule has 1 heterocycles. The van der Waals surface area contributed by atoms with Gasteiger partial charge in [-0.2, -0.15) is 5.10 Å². The quantitative estimate of drug-likeness (QED) is 0.790. The summed E-state index contributed by atoms with van der Waals surface area (Å²) in [6.07, 6.45) is 0. The molecule has 0 radical (unpaired) electrons. The van der Waals surface area contributed by atoms with Crippen molar-refractivity contribution in [3.63, 3.8) is 0 Å². The van der Waals surface area contributed by atoms with Crippen LogP contribution in [0, 0.1) is 34.6 Å². The van der Waals surface area contributed by atoms with Crippen molar-refractivity contribution in [2.24, 2.45) is 0 Å². The van der Waals surface area contributed by atoms with Gasteiger partial charge in [-0.05, 0) is 63.4 Å². The Morgan fingerprint density at radius 1 is 1.00 bits per heavy atom. The summed E-state index contributed by atoms with van der Waals surface area (Å²) in [7, 11) is 0. The molecule has 3 nitrogen and oxygen atoms in total. The van der Waals surface area contributed by atoms with Crippen LogP contribution in [0.15, 0.2) is 18.2 Å². The standard InChI is InChI=1S/C16H20N2O/c1-10-6-12(3)15(7-11(10)2)16(19)9-18-14(5)8-13(4)17-18/h6-8H,9H2,1-5H3. The monoisotopic (exact) mass is 256 g/mol. The van der Waals surface area contributed by atoms with Gasteiger partial charge in [0.25, 0.3) is 0 Å². The van der Waals surface area contributed by atoms with E-state index in [0.717, 1.165) is 28.1 Å². The number of rotatable bonds is 3. The van der Waals surface area contributed by atoms with Crippen molar-refractivity contribution in [1.29, 1.82) is 0 Å². The zero-order chi connectivity index (χ0) is 14.2. The summed E-state index contributed by atoms with van der Waals surface area (Å²) in [6.45, 7) is 10.3. The molecule has 0 fully saturated rings. The highest BCUT2D eigenvalue weighted by molar-refractivity contribution is 5.97. The number of Topliss-reactive ketones (excluding diaryl/α,β-unsaturated/α-hetero) is 1. The molecule has 0 atom stereocenters. The number of nitrogens with zero attached hydrogens (tertiary/aromatic N) is 2. The Bertz CT molecular complexity index is 638. The van der Waals surface area contributed by atoms with Crippen molar-refractivity contribution < 1.29 is 4.79 Å². The molecular weight excluding hydrogens is 236 g/mol. The zero-order valence-electron chi connectivity index (χ0n) is 12.2. The summed E-state index contributed by atoms with van der Waals surface area (Å²) < 4.78 is 1.77. The summed E-state index contributed by atoms with van der Waals surface area (Å²) in [5.74, 6) is 0.117. The first-order valence-corrected chi connectivity index (χ1v) is 6.50. The maximum Gasteiger partial charge on any atom is 0.184 e. The number of aryl methyl sites for hydroxylation is 5. The third kappa shape index (κ3) is 2.75. The fraction of sp³-hybridized carbons (Fsp3) is 0.375. The molecule has 0 bridgehead atoms. The van der Waals surface area contributed by atoms with Crippen LogP contribution in [0.25, 0.3) is 0 Å². The Morgan fingerprint density at radius 2 is 1.63 bits per heavy atom. The van der Waals surface area contributed by atoms with Crippen LogP contribution in [0.5, 0.6) is 0 Å². The summed E-state index contributed by atoms with van der Waals surface area (Å²) in [6, 6.07) is 6.04. The van der Waals surface area contributed by atoms with Crippen LogP contribution < -0.4 is 0 Å². The van der Waals surface area contributed by atoms with Crippen molar-refractivity contribution in [2.45, 2.75) is 41.2 Å². The number of aromatic nitrogens is 2. The first-order chi connectivity index (χ1) is 8.88. The lowest BCUT2D eigenvalue weighted by Crippen LogP contribution is -2.14. The van der Waals surface area contributed by atoms with Crippen LogP contribution in [0.2, 0.25) is 0 Å². The Morgan fingerprint density at radius 3 is 2.21 bits per heavy atom. The van der Waals surface area contributed by atoms with Gasteiger partial charge in [-0.3, -0.25) is 9.48 Å². The maximum atomic E-state index is 12.4. The fourth-order valence-electron chi connectivity index (χ4n) is 2.32. The third-order valence-corrected chi connectivity index (χ3v) is 3.54. The summed E-state index contributed by atoms with van der Waals surface area (Å²) in [5.41, 5.74) is 6.18. The van der Waals surface area contributed by atoms with Crippen molar-refractivity contribution in [2.75, 3.05) is 0 Å². The van der Waals surface area contributed by atoms with Gasteiger partial charge in [-0.25, -0.2) is 0 Å². The van der Waals surface area contributed by atoms with Gasteiger partial charge in [0.1, 0.15) is 6.54 Å². The van der Waals surface area contributed by atoms with Gasteiger partial charge in [-0.1, -0.05) is 6.07 Å². The third-order valence-electron chi connectivity index (χ3n) is 3.54. The van der Waals surface area contributed by atoms with Gasteiger partial charge in [-0.15, -0.1) is 0 Å². The molecule has 0 aliphatic carbocycles. The topological polar surface area (TPSA) is 34.9 Å². The minimum absolute atomic E-state index is 0.117. The average Bonchev–Trinajstić information content (AvgIpc) is 2.62. The average molecular weight is 256 g/mol. The van der Waals surface area contributed by atoms with E-state index >= 15 is 0 Å². The molecule has 0 aliphatic heterocycles.